The van der Waals surface area contributed by atoms with Crippen LogP contribution in [0.4, 0.5) is 8.78 Å². The molecule has 20 heavy (non-hydrogen) atoms. The van der Waals surface area contributed by atoms with E-state index in [4.69, 9.17) is 12.3 Å². The predicted octanol–water partition coefficient (Wildman–Crippen LogP) is 2.03. The number of hydrogen-bond acceptors (Lipinski definition) is 3. The maximum atomic E-state index is 13.5. The number of hydrogen-bond donors (Lipinski definition) is 2. The highest BCUT2D eigenvalue weighted by atomic mass is 19.1. The molecule has 1 aromatic carbocycles. The molecule has 0 spiro atoms. The number of nitrogens with one attached hydrogen (secondary N) is 1. The number of rotatable bonds is 7. The number of alkyl halides is 2. The number of fused-ring (bicyclic) bond motifs is 1. The van der Waals surface area contributed by atoms with Crippen LogP contribution in [0.2, 0.25) is 0 Å². The molecule has 0 aliphatic heterocycles. The third-order valence-corrected chi connectivity index (χ3v) is 3.50. The molecule has 2 atom stereocenters. The first kappa shape index (κ1) is 15.0. The quantitative estimate of drug-likeness (QED) is 0.762. The monoisotopic (exact) mass is 279 g/mol. The van der Waals surface area contributed by atoms with Crippen molar-refractivity contribution in [3.8, 4) is 0 Å². The Morgan fingerprint density at radius 1 is 1.35 bits per heavy atom. The molecule has 106 valence electrons. The largest absolute Gasteiger partial charge is 0.464 e. The van der Waals surface area contributed by atoms with E-state index in [-0.39, 0.29) is 12.9 Å². The van der Waals surface area contributed by atoms with E-state index in [2.05, 4.69) is 5.32 Å². The van der Waals surface area contributed by atoms with Gasteiger partial charge in [-0.3, -0.25) is 4.39 Å². The standard InChI is InChI=1S/C14H16BF2NO2/c15-9-18-13(3-5-16)14(19,8-17)11-2-1-10-4-6-20-12(10)7-11/h1-2,4,6-7,13,18-19H,3,5,8-9H2. The van der Waals surface area contributed by atoms with Gasteiger partial charge in [0.15, 0.2) is 0 Å². The predicted molar refractivity (Wildman–Crippen MR) is 74.2 cm³/mol. The molecule has 0 fully saturated rings. The van der Waals surface area contributed by atoms with Crippen molar-refractivity contribution in [3.05, 3.63) is 36.1 Å². The molecule has 2 aromatic rings. The molecule has 1 heterocycles. The number of benzene rings is 1. The summed E-state index contributed by atoms with van der Waals surface area (Å²) < 4.78 is 31.3. The Bertz CT molecular complexity index is 557. The first-order chi connectivity index (χ1) is 9.65. The molecule has 3 nitrogen and oxygen atoms in total. The Balaban J connectivity index is 2.40. The summed E-state index contributed by atoms with van der Waals surface area (Å²) in [4.78, 5) is 0. The normalized spacial score (nSPS) is 16.1. The fourth-order valence-electron chi connectivity index (χ4n) is 2.36. The Hall–Kier alpha value is -1.40. The highest BCUT2D eigenvalue weighted by molar-refractivity contribution is 6.08. The zero-order chi connectivity index (χ0) is 14.6. The van der Waals surface area contributed by atoms with Crippen LogP contribution in [0.3, 0.4) is 0 Å². The van der Waals surface area contributed by atoms with Crippen LogP contribution in [0.1, 0.15) is 12.0 Å². The topological polar surface area (TPSA) is 45.4 Å². The van der Waals surface area contributed by atoms with Crippen LogP contribution >= 0.6 is 0 Å². The lowest BCUT2D eigenvalue weighted by Gasteiger charge is -2.34. The van der Waals surface area contributed by atoms with Gasteiger partial charge in [0.1, 0.15) is 17.9 Å². The smallest absolute Gasteiger partial charge is 0.134 e. The summed E-state index contributed by atoms with van der Waals surface area (Å²) in [5.41, 5.74) is -0.963. The second kappa shape index (κ2) is 6.37. The van der Waals surface area contributed by atoms with Crippen molar-refractivity contribution >= 4 is 18.8 Å². The summed E-state index contributed by atoms with van der Waals surface area (Å²) >= 11 is 0. The van der Waals surface area contributed by atoms with Crippen LogP contribution in [0.25, 0.3) is 11.0 Å². The summed E-state index contributed by atoms with van der Waals surface area (Å²) in [6.07, 6.45) is 1.50. The molecule has 2 N–H and O–H groups in total. The third kappa shape index (κ3) is 2.71. The lowest BCUT2D eigenvalue weighted by atomic mass is 9.85. The van der Waals surface area contributed by atoms with E-state index >= 15 is 0 Å². The first-order valence-electron chi connectivity index (χ1n) is 6.41. The maximum Gasteiger partial charge on any atom is 0.134 e. The van der Waals surface area contributed by atoms with Crippen molar-refractivity contribution in [2.45, 2.75) is 18.1 Å². The van der Waals surface area contributed by atoms with E-state index in [1.807, 2.05) is 0 Å². The van der Waals surface area contributed by atoms with Crippen molar-refractivity contribution in [1.29, 1.82) is 0 Å². The molecule has 0 saturated heterocycles. The fraction of sp³-hybridized carbons (Fsp3) is 0.429. The Morgan fingerprint density at radius 2 is 2.15 bits per heavy atom. The van der Waals surface area contributed by atoms with E-state index in [9.17, 15) is 13.9 Å². The molecule has 0 aliphatic carbocycles. The Kier molecular flexibility index (Phi) is 4.78. The molecule has 2 unspecified atom stereocenters. The summed E-state index contributed by atoms with van der Waals surface area (Å²) in [7, 11) is 5.38. The molecular weight excluding hydrogens is 263 g/mol. The molecule has 0 saturated carbocycles. The molecule has 0 bridgehead atoms. The van der Waals surface area contributed by atoms with E-state index < -0.39 is 25.0 Å². The van der Waals surface area contributed by atoms with Crippen LogP contribution in [0.5, 0.6) is 0 Å². The molecule has 2 rings (SSSR count). The van der Waals surface area contributed by atoms with E-state index in [0.29, 0.717) is 11.1 Å². The van der Waals surface area contributed by atoms with Gasteiger partial charge in [0, 0.05) is 11.4 Å². The van der Waals surface area contributed by atoms with Gasteiger partial charge in [0.25, 0.3) is 0 Å². The van der Waals surface area contributed by atoms with Crippen LogP contribution in [0, 0.1) is 0 Å². The Morgan fingerprint density at radius 3 is 2.80 bits per heavy atom. The van der Waals surface area contributed by atoms with Gasteiger partial charge < -0.3 is 14.8 Å². The number of halogens is 2. The minimum atomic E-state index is -1.84. The van der Waals surface area contributed by atoms with E-state index in [1.54, 1.807) is 24.3 Å². The second-order valence-corrected chi connectivity index (χ2v) is 4.67. The first-order valence-corrected chi connectivity index (χ1v) is 6.41. The van der Waals surface area contributed by atoms with Crippen LogP contribution in [0.15, 0.2) is 34.9 Å². The minimum Gasteiger partial charge on any atom is -0.464 e. The van der Waals surface area contributed by atoms with Gasteiger partial charge in [-0.2, -0.15) is 0 Å². The fourth-order valence-corrected chi connectivity index (χ4v) is 2.36. The lowest BCUT2D eigenvalue weighted by molar-refractivity contribution is -0.0275. The zero-order valence-corrected chi connectivity index (χ0v) is 11.0. The average molecular weight is 279 g/mol. The summed E-state index contributed by atoms with van der Waals surface area (Å²) in [6.45, 7) is -1.72. The van der Waals surface area contributed by atoms with Gasteiger partial charge in [-0.05, 0) is 30.6 Å². The lowest BCUT2D eigenvalue weighted by Crippen LogP contribution is -2.51. The van der Waals surface area contributed by atoms with Gasteiger partial charge in [-0.15, -0.1) is 0 Å². The third-order valence-electron chi connectivity index (χ3n) is 3.50. The van der Waals surface area contributed by atoms with Crippen molar-refractivity contribution in [2.24, 2.45) is 0 Å². The van der Waals surface area contributed by atoms with Gasteiger partial charge in [-0.25, -0.2) is 4.39 Å². The van der Waals surface area contributed by atoms with Gasteiger partial charge in [0.05, 0.1) is 20.8 Å². The second-order valence-electron chi connectivity index (χ2n) is 4.67. The van der Waals surface area contributed by atoms with Gasteiger partial charge >= 0.3 is 0 Å². The molecule has 2 radical (unpaired) electrons. The zero-order valence-electron chi connectivity index (χ0n) is 11.0. The maximum absolute atomic E-state index is 13.5. The average Bonchev–Trinajstić information content (AvgIpc) is 2.93. The molecule has 0 amide bonds. The molecule has 6 heteroatoms. The minimum absolute atomic E-state index is 0.0238. The van der Waals surface area contributed by atoms with Crippen LogP contribution in [-0.2, 0) is 5.60 Å². The van der Waals surface area contributed by atoms with E-state index in [0.717, 1.165) is 5.39 Å². The molecule has 1 aromatic heterocycles. The Labute approximate surface area is 117 Å². The van der Waals surface area contributed by atoms with Crippen molar-refractivity contribution in [3.63, 3.8) is 0 Å². The number of furan rings is 1. The number of aliphatic hydroxyl groups is 1. The SMILES string of the molecule is [B]CNC(CCF)C(O)(CF)c1ccc2ccoc2c1. The van der Waals surface area contributed by atoms with Crippen LogP contribution < -0.4 is 5.32 Å². The van der Waals surface area contributed by atoms with Crippen molar-refractivity contribution < 1.29 is 18.3 Å². The highest BCUT2D eigenvalue weighted by Gasteiger charge is 2.38. The molecular formula is C14H16BF2NO2. The summed E-state index contributed by atoms with van der Waals surface area (Å²) in [5.74, 6) is 0. The van der Waals surface area contributed by atoms with Crippen molar-refractivity contribution in [1.82, 2.24) is 5.32 Å². The van der Waals surface area contributed by atoms with Gasteiger partial charge in [0.2, 0.25) is 0 Å². The summed E-state index contributed by atoms with van der Waals surface area (Å²) in [5, 5.41) is 14.2. The highest BCUT2D eigenvalue weighted by Crippen LogP contribution is 2.30. The van der Waals surface area contributed by atoms with E-state index in [1.165, 1.54) is 6.26 Å². The summed E-state index contributed by atoms with van der Waals surface area (Å²) in [6, 6.07) is 5.86. The molecule has 0 aliphatic rings. The van der Waals surface area contributed by atoms with Crippen LogP contribution in [-0.4, -0.2) is 38.8 Å². The van der Waals surface area contributed by atoms with Gasteiger partial charge in [-0.1, -0.05) is 12.1 Å². The van der Waals surface area contributed by atoms with Crippen molar-refractivity contribution in [2.75, 3.05) is 19.8 Å².